The Bertz CT molecular complexity index is 1210. The van der Waals surface area contributed by atoms with Gasteiger partial charge < -0.3 is 44.8 Å². The first-order valence-corrected chi connectivity index (χ1v) is 12.7. The summed E-state index contributed by atoms with van der Waals surface area (Å²) in [4.78, 5) is 64.1. The highest BCUT2D eigenvalue weighted by molar-refractivity contribution is 7.69. The standard InChI is InChI=1S/C10H17N6O13P3/c11-10-13-7-4(8(19)14-10)12-2-16(7)9-6(18)5(17)3(28-9)1-27-32(25,26)29-31(23,24)15-30(20,21)22/h2-3,5-6,9,17-18H,1H2,(H,25,26)(H3,11,13,14,19)(H4,15,20,21,22,23,24)/p-3. The lowest BCUT2D eigenvalue weighted by Crippen LogP contribution is -2.34. The van der Waals surface area contributed by atoms with Crippen LogP contribution >= 0.6 is 23.3 Å². The normalized spacial score (nSPS) is 29.4. The molecule has 3 rings (SSSR count). The molecule has 0 bridgehead atoms. The van der Waals surface area contributed by atoms with Gasteiger partial charge in [-0.2, -0.15) is 9.84 Å². The van der Waals surface area contributed by atoms with Crippen molar-refractivity contribution in [2.45, 2.75) is 24.5 Å². The maximum Gasteiger partial charge on any atom is 0.280 e. The number of aliphatic hydroxyl groups excluding tert-OH is 2. The number of nitrogens with zero attached hydrogens (tertiary/aromatic N) is 3. The van der Waals surface area contributed by atoms with Crippen molar-refractivity contribution in [2.24, 2.45) is 0 Å². The molecule has 3 heterocycles. The minimum Gasteiger partial charge on any atom is -0.766 e. The van der Waals surface area contributed by atoms with Crippen LogP contribution in [0.1, 0.15) is 6.23 Å². The number of nitrogens with one attached hydrogen (secondary N) is 2. The van der Waals surface area contributed by atoms with E-state index in [2.05, 4.69) is 23.8 Å². The van der Waals surface area contributed by atoms with Gasteiger partial charge in [-0.1, -0.05) is 0 Å². The molecule has 0 spiro atoms. The fourth-order valence-corrected chi connectivity index (χ4v) is 6.00. The molecule has 0 amide bonds. The van der Waals surface area contributed by atoms with Crippen LogP contribution in [0.4, 0.5) is 5.95 Å². The number of nitrogen functional groups attached to an aromatic ring is 1. The summed E-state index contributed by atoms with van der Waals surface area (Å²) >= 11 is 0. The number of imidazole rings is 1. The molecular weight excluding hydrogens is 505 g/mol. The summed E-state index contributed by atoms with van der Waals surface area (Å²) in [6.45, 7) is -1.09. The van der Waals surface area contributed by atoms with Gasteiger partial charge in [0.15, 0.2) is 17.4 Å². The molecule has 1 aliphatic heterocycles. The first-order valence-electron chi connectivity index (χ1n) is 8.14. The SMILES string of the molecule is Nc1nc2c(ncn2C2OC(COP(=O)([O-])OP(=O)([O-])NP(=O)([O-])O)C(O)C2O)c(=O)[nH]1. The number of aliphatic hydroxyl groups is 2. The van der Waals surface area contributed by atoms with E-state index in [0.717, 1.165) is 10.9 Å². The molecule has 32 heavy (non-hydrogen) atoms. The molecule has 2 aromatic heterocycles. The highest BCUT2D eigenvalue weighted by atomic mass is 31.3. The van der Waals surface area contributed by atoms with E-state index >= 15 is 0 Å². The third-order valence-electron chi connectivity index (χ3n) is 3.92. The number of phosphoric acid groups is 1. The number of hydrogen-bond donors (Lipinski definition) is 6. The maximum atomic E-state index is 11.8. The minimum atomic E-state index is -5.86. The molecule has 1 saturated heterocycles. The van der Waals surface area contributed by atoms with Crippen LogP contribution in [0, 0.1) is 0 Å². The fraction of sp³-hybridized carbons (Fsp3) is 0.500. The number of fused-ring (bicyclic) bond motifs is 1. The Morgan fingerprint density at radius 1 is 1.28 bits per heavy atom. The highest BCUT2D eigenvalue weighted by Gasteiger charge is 2.45. The Kier molecular flexibility index (Phi) is 6.78. The lowest BCUT2D eigenvalue weighted by atomic mass is 10.1. The van der Waals surface area contributed by atoms with Gasteiger partial charge in [-0.3, -0.25) is 32.4 Å². The Labute approximate surface area is 176 Å². The van der Waals surface area contributed by atoms with Crippen molar-refractivity contribution in [1.29, 1.82) is 0 Å². The van der Waals surface area contributed by atoms with Crippen molar-refractivity contribution >= 4 is 40.4 Å². The second kappa shape index (κ2) is 8.66. The number of aromatic nitrogens is 4. The minimum absolute atomic E-state index is 0.133. The molecule has 0 saturated carbocycles. The third-order valence-corrected chi connectivity index (χ3v) is 8.03. The van der Waals surface area contributed by atoms with Crippen molar-refractivity contribution in [1.82, 2.24) is 24.4 Å². The summed E-state index contributed by atoms with van der Waals surface area (Å²) in [6.07, 6.45) is -5.50. The number of aromatic amines is 1. The molecule has 2 aromatic rings. The summed E-state index contributed by atoms with van der Waals surface area (Å²) < 4.78 is 47.6. The van der Waals surface area contributed by atoms with Crippen LogP contribution in [0.15, 0.2) is 11.1 Å². The molecule has 1 aliphatic rings. The molecule has 22 heteroatoms. The van der Waals surface area contributed by atoms with Gasteiger partial charge in [-0.15, -0.1) is 0 Å². The molecule has 1 fully saturated rings. The molecule has 7 unspecified atom stereocenters. The Hall–Kier alpha value is -1.56. The number of phosphoric ester groups is 1. The number of hydrogen-bond acceptors (Lipinski definition) is 15. The predicted molar refractivity (Wildman–Crippen MR) is 93.7 cm³/mol. The molecular formula is C10H14N6O13P3-3. The summed E-state index contributed by atoms with van der Waals surface area (Å²) in [5.41, 5.74) is 4.44. The largest absolute Gasteiger partial charge is 0.766 e. The molecule has 19 nitrogen and oxygen atoms in total. The van der Waals surface area contributed by atoms with Gasteiger partial charge in [0.05, 0.1) is 12.9 Å². The average molecular weight is 519 g/mol. The van der Waals surface area contributed by atoms with Gasteiger partial charge in [0.1, 0.15) is 18.3 Å². The van der Waals surface area contributed by atoms with Crippen LogP contribution in [-0.2, 0) is 27.3 Å². The van der Waals surface area contributed by atoms with E-state index in [0.29, 0.717) is 4.86 Å². The topological polar surface area (TPSA) is 310 Å². The van der Waals surface area contributed by atoms with Crippen molar-refractivity contribution in [3.05, 3.63) is 16.7 Å². The van der Waals surface area contributed by atoms with E-state index in [9.17, 15) is 43.4 Å². The third kappa shape index (κ3) is 5.67. The van der Waals surface area contributed by atoms with Crippen molar-refractivity contribution < 1.29 is 57.1 Å². The van der Waals surface area contributed by atoms with Crippen molar-refractivity contribution in [3.63, 3.8) is 0 Å². The summed E-state index contributed by atoms with van der Waals surface area (Å²) in [5.74, 6) is -0.289. The average Bonchev–Trinajstić information content (AvgIpc) is 3.12. The fourth-order valence-electron chi connectivity index (χ4n) is 2.72. The van der Waals surface area contributed by atoms with E-state index in [4.69, 9.17) is 15.4 Å². The van der Waals surface area contributed by atoms with Gasteiger partial charge in [0, 0.05) is 0 Å². The Balaban J connectivity index is 1.72. The number of ether oxygens (including phenoxy) is 1. The summed E-state index contributed by atoms with van der Waals surface area (Å²) in [5, 5.41) is 20.4. The molecule has 180 valence electrons. The number of rotatable bonds is 8. The molecule has 0 radical (unpaired) electrons. The second-order valence-electron chi connectivity index (χ2n) is 6.26. The quantitative estimate of drug-likeness (QED) is 0.178. The van der Waals surface area contributed by atoms with E-state index in [1.165, 1.54) is 0 Å². The maximum absolute atomic E-state index is 11.8. The van der Waals surface area contributed by atoms with E-state index in [1.54, 1.807) is 0 Å². The highest BCUT2D eigenvalue weighted by Crippen LogP contribution is 2.56. The first kappa shape index (κ1) is 25.1. The van der Waals surface area contributed by atoms with Gasteiger partial charge in [0.2, 0.25) is 21.4 Å². The van der Waals surface area contributed by atoms with E-state index in [1.807, 2.05) is 0 Å². The van der Waals surface area contributed by atoms with Crippen molar-refractivity contribution in [2.75, 3.05) is 12.3 Å². The predicted octanol–water partition coefficient (Wildman–Crippen LogP) is -4.66. The Morgan fingerprint density at radius 2 is 1.94 bits per heavy atom. The van der Waals surface area contributed by atoms with Gasteiger partial charge in [-0.25, -0.2) is 4.98 Å². The van der Waals surface area contributed by atoms with Crippen LogP contribution < -0.4 is 30.8 Å². The second-order valence-corrected chi connectivity index (χ2v) is 10.9. The van der Waals surface area contributed by atoms with Gasteiger partial charge >= 0.3 is 0 Å². The Morgan fingerprint density at radius 3 is 2.56 bits per heavy atom. The van der Waals surface area contributed by atoms with Gasteiger partial charge in [-0.05, 0) is 0 Å². The number of anilines is 1. The number of H-pyrrole nitrogens is 1. The zero-order chi connectivity index (χ0) is 24.1. The smallest absolute Gasteiger partial charge is 0.280 e. The van der Waals surface area contributed by atoms with Crippen molar-refractivity contribution in [3.8, 4) is 0 Å². The van der Waals surface area contributed by atoms with Crippen LogP contribution in [0.5, 0.6) is 0 Å². The zero-order valence-electron chi connectivity index (χ0n) is 15.3. The number of nitrogens with two attached hydrogens (primary N) is 1. The molecule has 7 N–H and O–H groups in total. The van der Waals surface area contributed by atoms with Crippen LogP contribution in [-0.4, -0.2) is 59.5 Å². The summed E-state index contributed by atoms with van der Waals surface area (Å²) in [7, 11) is -17.3. The molecule has 0 aromatic carbocycles. The zero-order valence-corrected chi connectivity index (χ0v) is 18.0. The lowest BCUT2D eigenvalue weighted by molar-refractivity contribution is -0.235. The van der Waals surface area contributed by atoms with Crippen LogP contribution in [0.2, 0.25) is 0 Å². The monoisotopic (exact) mass is 519 g/mol. The lowest BCUT2D eigenvalue weighted by Gasteiger charge is -2.34. The molecule has 7 atom stereocenters. The first-order chi connectivity index (χ1) is 14.6. The van der Waals surface area contributed by atoms with E-state index < -0.39 is 60.0 Å². The summed E-state index contributed by atoms with van der Waals surface area (Å²) in [6, 6.07) is 0. The van der Waals surface area contributed by atoms with Crippen LogP contribution in [0.25, 0.3) is 11.2 Å². The van der Waals surface area contributed by atoms with Gasteiger partial charge in [0.25, 0.3) is 13.4 Å². The molecule has 0 aliphatic carbocycles. The van der Waals surface area contributed by atoms with Crippen LogP contribution in [0.3, 0.4) is 0 Å². The van der Waals surface area contributed by atoms with E-state index in [-0.39, 0.29) is 17.1 Å².